The molecule has 2 aromatic heterocycles. The smallest absolute Gasteiger partial charge is 0.266 e. The monoisotopic (exact) mass is 467 g/mol. The van der Waals surface area contributed by atoms with E-state index in [1.165, 1.54) is 6.08 Å². The van der Waals surface area contributed by atoms with Crippen molar-refractivity contribution in [1.82, 2.24) is 4.98 Å². The number of nitrogens with zero attached hydrogens (tertiary/aromatic N) is 1. The van der Waals surface area contributed by atoms with Gasteiger partial charge >= 0.3 is 0 Å². The number of carbonyl (C=O) groups is 2. The summed E-state index contributed by atoms with van der Waals surface area (Å²) in [6.07, 6.45) is 1.40. The quantitative estimate of drug-likeness (QED) is 0.201. The van der Waals surface area contributed by atoms with Gasteiger partial charge in [-0.05, 0) is 34.0 Å². The molecule has 5 heteroatoms. The standard InChI is InChI=1S/C31H17NO4/c33-29-23-14-21-8-4-5-9-22(21)15-24(23)30(34)25(29)16-28-32-31-27(35-28)17-26(36-31)20-12-10-19(11-13-20)18-6-2-1-3-7-18/h1-17H. The molecule has 0 unspecified atom stereocenters. The summed E-state index contributed by atoms with van der Waals surface area (Å²) in [5, 5.41) is 1.83. The van der Waals surface area contributed by atoms with Crippen molar-refractivity contribution < 1.29 is 18.4 Å². The summed E-state index contributed by atoms with van der Waals surface area (Å²) in [4.78, 5) is 30.4. The van der Waals surface area contributed by atoms with Crippen LogP contribution in [0.2, 0.25) is 0 Å². The number of rotatable bonds is 3. The fraction of sp³-hybridized carbons (Fsp3) is 0. The first kappa shape index (κ1) is 20.4. The molecule has 2 heterocycles. The molecule has 0 N–H and O–H groups in total. The molecule has 6 aromatic rings. The zero-order valence-corrected chi connectivity index (χ0v) is 18.9. The maximum atomic E-state index is 13.0. The lowest BCUT2D eigenvalue weighted by Gasteiger charge is -2.02. The molecule has 0 aliphatic heterocycles. The third kappa shape index (κ3) is 3.21. The number of hydrogen-bond acceptors (Lipinski definition) is 5. The Morgan fingerprint density at radius 2 is 1.19 bits per heavy atom. The minimum absolute atomic E-state index is 0.0425. The van der Waals surface area contributed by atoms with E-state index in [1.54, 1.807) is 18.2 Å². The van der Waals surface area contributed by atoms with Gasteiger partial charge in [-0.2, -0.15) is 4.98 Å². The summed E-state index contributed by atoms with van der Waals surface area (Å²) >= 11 is 0. The molecule has 0 bridgehead atoms. The van der Waals surface area contributed by atoms with E-state index in [1.807, 2.05) is 66.7 Å². The van der Waals surface area contributed by atoms with E-state index in [-0.39, 0.29) is 23.0 Å². The number of hydrogen-bond donors (Lipinski definition) is 0. The van der Waals surface area contributed by atoms with Gasteiger partial charge in [-0.1, -0.05) is 78.9 Å². The molecule has 36 heavy (non-hydrogen) atoms. The Hall–Kier alpha value is -5.03. The Labute approximate surface area is 205 Å². The van der Waals surface area contributed by atoms with Crippen LogP contribution in [0.25, 0.3) is 50.6 Å². The fourth-order valence-corrected chi connectivity index (χ4v) is 4.68. The minimum Gasteiger partial charge on any atom is -0.435 e. The maximum absolute atomic E-state index is 13.0. The number of Topliss-reactive ketones (excluding diaryl/α,β-unsaturated/α-hetero) is 2. The zero-order valence-electron chi connectivity index (χ0n) is 18.9. The van der Waals surface area contributed by atoms with Crippen LogP contribution in [0, 0.1) is 0 Å². The first-order valence-electron chi connectivity index (χ1n) is 11.5. The van der Waals surface area contributed by atoms with Crippen LogP contribution in [-0.2, 0) is 0 Å². The summed E-state index contributed by atoms with van der Waals surface area (Å²) in [7, 11) is 0. The average molecular weight is 467 g/mol. The molecule has 4 aromatic carbocycles. The van der Waals surface area contributed by atoms with Crippen LogP contribution >= 0.6 is 0 Å². The van der Waals surface area contributed by atoms with Gasteiger partial charge in [-0.3, -0.25) is 9.59 Å². The first-order chi connectivity index (χ1) is 17.6. The Morgan fingerprint density at radius 3 is 1.83 bits per heavy atom. The van der Waals surface area contributed by atoms with E-state index < -0.39 is 0 Å². The molecule has 0 fully saturated rings. The van der Waals surface area contributed by atoms with E-state index in [4.69, 9.17) is 8.83 Å². The van der Waals surface area contributed by atoms with Crippen molar-refractivity contribution in [1.29, 1.82) is 0 Å². The van der Waals surface area contributed by atoms with Gasteiger partial charge in [-0.25, -0.2) is 0 Å². The topological polar surface area (TPSA) is 73.3 Å². The van der Waals surface area contributed by atoms with E-state index in [0.29, 0.717) is 28.2 Å². The third-order valence-corrected chi connectivity index (χ3v) is 6.51. The molecule has 0 radical (unpaired) electrons. The van der Waals surface area contributed by atoms with Gasteiger partial charge in [0.05, 0.1) is 5.57 Å². The summed E-state index contributed by atoms with van der Waals surface area (Å²) in [5.74, 6) is 0.135. The molecule has 0 amide bonds. The number of ketones is 2. The van der Waals surface area contributed by atoms with Crippen LogP contribution in [0.15, 0.2) is 111 Å². The van der Waals surface area contributed by atoms with Gasteiger partial charge in [0.2, 0.25) is 5.89 Å². The van der Waals surface area contributed by atoms with Crippen molar-refractivity contribution in [2.45, 2.75) is 0 Å². The molecule has 1 aliphatic rings. The zero-order chi connectivity index (χ0) is 24.2. The average Bonchev–Trinajstić information content (AvgIpc) is 3.56. The lowest BCUT2D eigenvalue weighted by atomic mass is 10.0. The third-order valence-electron chi connectivity index (χ3n) is 6.51. The molecule has 0 saturated heterocycles. The summed E-state index contributed by atoms with van der Waals surface area (Å²) < 4.78 is 11.7. The van der Waals surface area contributed by atoms with Crippen molar-refractivity contribution in [3.63, 3.8) is 0 Å². The first-order valence-corrected chi connectivity index (χ1v) is 11.5. The Balaban J connectivity index is 1.19. The second-order valence-electron chi connectivity index (χ2n) is 8.74. The Morgan fingerprint density at radius 1 is 0.611 bits per heavy atom. The van der Waals surface area contributed by atoms with Crippen molar-refractivity contribution in [2.75, 3.05) is 0 Å². The highest BCUT2D eigenvalue weighted by Gasteiger charge is 2.34. The number of fused-ring (bicyclic) bond motifs is 3. The van der Waals surface area contributed by atoms with Crippen molar-refractivity contribution in [3.8, 4) is 22.5 Å². The molecule has 170 valence electrons. The van der Waals surface area contributed by atoms with Crippen LogP contribution in [0.1, 0.15) is 26.6 Å². The Bertz CT molecular complexity index is 1770. The summed E-state index contributed by atoms with van der Waals surface area (Å²) in [6.45, 7) is 0. The molecule has 7 rings (SSSR count). The van der Waals surface area contributed by atoms with Crippen molar-refractivity contribution in [2.24, 2.45) is 0 Å². The van der Waals surface area contributed by atoms with E-state index in [9.17, 15) is 9.59 Å². The van der Waals surface area contributed by atoms with Gasteiger partial charge in [0.15, 0.2) is 17.1 Å². The highest BCUT2D eigenvalue weighted by Crippen LogP contribution is 2.33. The van der Waals surface area contributed by atoms with Crippen LogP contribution in [0.5, 0.6) is 0 Å². The second kappa shape index (κ2) is 7.75. The summed E-state index contributed by atoms with van der Waals surface area (Å²) in [6, 6.07) is 31.1. The van der Waals surface area contributed by atoms with Gasteiger partial charge < -0.3 is 8.83 Å². The van der Waals surface area contributed by atoms with E-state index in [0.717, 1.165) is 27.5 Å². The number of furan rings is 1. The largest absolute Gasteiger partial charge is 0.435 e. The highest BCUT2D eigenvalue weighted by molar-refractivity contribution is 6.42. The number of allylic oxidation sites excluding steroid dienone is 1. The fourth-order valence-electron chi connectivity index (χ4n) is 4.68. The van der Waals surface area contributed by atoms with Crippen LogP contribution in [0.3, 0.4) is 0 Å². The van der Waals surface area contributed by atoms with Gasteiger partial charge in [-0.15, -0.1) is 0 Å². The predicted octanol–water partition coefficient (Wildman–Crippen LogP) is 7.37. The lowest BCUT2D eigenvalue weighted by Crippen LogP contribution is -2.00. The van der Waals surface area contributed by atoms with Crippen LogP contribution < -0.4 is 0 Å². The van der Waals surface area contributed by atoms with Crippen LogP contribution in [0.4, 0.5) is 0 Å². The van der Waals surface area contributed by atoms with E-state index in [2.05, 4.69) is 17.1 Å². The molecule has 5 nitrogen and oxygen atoms in total. The SMILES string of the molecule is O=C1C(=Cc2nc3oc(-c4ccc(-c5ccccc5)cc4)cc3o2)C(=O)c2cc3ccccc3cc21. The van der Waals surface area contributed by atoms with Crippen molar-refractivity contribution in [3.05, 3.63) is 120 Å². The Kier molecular flexibility index (Phi) is 4.38. The van der Waals surface area contributed by atoms with Crippen LogP contribution in [-0.4, -0.2) is 16.6 Å². The molecular formula is C31H17NO4. The predicted molar refractivity (Wildman–Crippen MR) is 138 cm³/mol. The van der Waals surface area contributed by atoms with Gasteiger partial charge in [0.25, 0.3) is 5.71 Å². The molecular weight excluding hydrogens is 450 g/mol. The number of benzene rings is 4. The highest BCUT2D eigenvalue weighted by atomic mass is 16.4. The number of aromatic nitrogens is 1. The normalized spacial score (nSPS) is 13.1. The van der Waals surface area contributed by atoms with Crippen molar-refractivity contribution >= 4 is 39.7 Å². The van der Waals surface area contributed by atoms with Gasteiger partial charge in [0.1, 0.15) is 5.76 Å². The number of oxazole rings is 1. The maximum Gasteiger partial charge on any atom is 0.266 e. The number of carbonyl (C=O) groups excluding carboxylic acids is 2. The molecule has 1 aliphatic carbocycles. The lowest BCUT2D eigenvalue weighted by molar-refractivity contribution is 0.0990. The summed E-state index contributed by atoms with van der Waals surface area (Å²) in [5.41, 5.74) is 4.76. The molecule has 0 atom stereocenters. The van der Waals surface area contributed by atoms with E-state index >= 15 is 0 Å². The molecule has 0 saturated carbocycles. The molecule has 0 spiro atoms. The second-order valence-corrected chi connectivity index (χ2v) is 8.74. The minimum atomic E-state index is -0.324. The van der Waals surface area contributed by atoms with Gasteiger partial charge in [0, 0.05) is 28.8 Å².